The molecule has 0 saturated heterocycles. The van der Waals surface area contributed by atoms with E-state index in [9.17, 15) is 14.4 Å². The van der Waals surface area contributed by atoms with Crippen LogP contribution >= 0.6 is 11.6 Å². The SMILES string of the molecule is COC(=O)C[C@H]1Cc2ccccc2CN1C(=O)[C@@H](NC(=O)Nc1cccc(Cl)c1)[C@@H](C)OCc1ccccc1. The number of ether oxygens (including phenoxy) is 2. The summed E-state index contributed by atoms with van der Waals surface area (Å²) in [4.78, 5) is 41.1. The van der Waals surface area contributed by atoms with Crippen LogP contribution in [0.15, 0.2) is 78.9 Å². The summed E-state index contributed by atoms with van der Waals surface area (Å²) in [5, 5.41) is 6.01. The van der Waals surface area contributed by atoms with Crippen molar-refractivity contribution in [3.8, 4) is 0 Å². The predicted octanol–water partition coefficient (Wildman–Crippen LogP) is 4.95. The molecule has 3 atom stereocenters. The summed E-state index contributed by atoms with van der Waals surface area (Å²) >= 11 is 6.06. The number of nitrogens with zero attached hydrogens (tertiary/aromatic N) is 1. The van der Waals surface area contributed by atoms with E-state index in [2.05, 4.69) is 10.6 Å². The molecule has 3 aromatic rings. The average molecular weight is 550 g/mol. The van der Waals surface area contributed by atoms with Crippen molar-refractivity contribution in [1.29, 1.82) is 0 Å². The number of methoxy groups -OCH3 is 1. The van der Waals surface area contributed by atoms with Crippen LogP contribution in [0.3, 0.4) is 0 Å². The summed E-state index contributed by atoms with van der Waals surface area (Å²) in [6, 6.07) is 22.1. The molecule has 0 bridgehead atoms. The lowest BCUT2D eigenvalue weighted by molar-refractivity contribution is -0.146. The third-order valence-electron chi connectivity index (χ3n) is 6.73. The number of anilines is 1. The van der Waals surface area contributed by atoms with Gasteiger partial charge in [-0.25, -0.2) is 4.79 Å². The van der Waals surface area contributed by atoms with Crippen molar-refractivity contribution in [3.63, 3.8) is 0 Å². The molecule has 0 aliphatic carbocycles. The molecule has 0 spiro atoms. The number of carbonyl (C=O) groups is 3. The number of nitrogens with one attached hydrogen (secondary N) is 2. The quantitative estimate of drug-likeness (QED) is 0.368. The van der Waals surface area contributed by atoms with Crippen LogP contribution in [0.2, 0.25) is 5.02 Å². The standard InChI is InChI=1S/C30H32ClN3O5/c1-20(39-19-21-9-4-3-5-10-21)28(33-30(37)32-25-14-8-13-24(31)16-25)29(36)34-18-23-12-7-6-11-22(23)15-26(34)17-27(35)38-2/h3-14,16,20,26,28H,15,17-19H2,1-2H3,(H2,32,33,37)/t20-,26-,28+/m1/s1. The number of halogens is 1. The second-order valence-electron chi connectivity index (χ2n) is 9.46. The van der Waals surface area contributed by atoms with Crippen molar-refractivity contribution in [2.45, 2.75) is 51.1 Å². The van der Waals surface area contributed by atoms with Gasteiger partial charge in [0.15, 0.2) is 0 Å². The summed E-state index contributed by atoms with van der Waals surface area (Å²) < 4.78 is 11.0. The molecule has 3 aromatic carbocycles. The maximum atomic E-state index is 14.1. The molecular weight excluding hydrogens is 518 g/mol. The Morgan fingerprint density at radius 3 is 2.44 bits per heavy atom. The third kappa shape index (κ3) is 7.59. The molecule has 0 saturated carbocycles. The lowest BCUT2D eigenvalue weighted by atomic mass is 9.91. The molecule has 39 heavy (non-hydrogen) atoms. The van der Waals surface area contributed by atoms with E-state index in [4.69, 9.17) is 21.1 Å². The normalized spacial score (nSPS) is 16.0. The molecule has 0 aromatic heterocycles. The van der Waals surface area contributed by atoms with Gasteiger partial charge in [0.05, 0.1) is 26.2 Å². The number of hydrogen-bond acceptors (Lipinski definition) is 5. The Morgan fingerprint density at radius 1 is 1.00 bits per heavy atom. The lowest BCUT2D eigenvalue weighted by Crippen LogP contribution is -2.58. The Hall–Kier alpha value is -3.88. The van der Waals surface area contributed by atoms with Crippen LogP contribution in [0.1, 0.15) is 30.0 Å². The monoisotopic (exact) mass is 549 g/mol. The number of hydrogen-bond donors (Lipinski definition) is 2. The van der Waals surface area contributed by atoms with E-state index in [1.807, 2.05) is 54.6 Å². The highest BCUT2D eigenvalue weighted by Gasteiger charge is 2.38. The Labute approximate surface area is 233 Å². The molecule has 4 rings (SSSR count). The molecule has 3 amide bonds. The van der Waals surface area contributed by atoms with E-state index in [0.29, 0.717) is 23.7 Å². The van der Waals surface area contributed by atoms with Crippen LogP contribution in [0.4, 0.5) is 10.5 Å². The minimum atomic E-state index is -1.03. The van der Waals surface area contributed by atoms with E-state index in [-0.39, 0.29) is 18.9 Å². The first-order valence-corrected chi connectivity index (χ1v) is 13.1. The largest absolute Gasteiger partial charge is 0.469 e. The third-order valence-corrected chi connectivity index (χ3v) is 6.96. The van der Waals surface area contributed by atoms with Crippen LogP contribution in [0.25, 0.3) is 0 Å². The summed E-state index contributed by atoms with van der Waals surface area (Å²) in [6.45, 7) is 2.31. The van der Waals surface area contributed by atoms with Crippen molar-refractivity contribution in [2.24, 2.45) is 0 Å². The topological polar surface area (TPSA) is 97.0 Å². The first-order chi connectivity index (χ1) is 18.8. The fourth-order valence-corrected chi connectivity index (χ4v) is 4.83. The fraction of sp³-hybridized carbons (Fsp3) is 0.300. The predicted molar refractivity (Wildman–Crippen MR) is 149 cm³/mol. The molecule has 1 aliphatic rings. The summed E-state index contributed by atoms with van der Waals surface area (Å²) in [5.41, 5.74) is 3.49. The van der Waals surface area contributed by atoms with Crippen LogP contribution in [0, 0.1) is 0 Å². The van der Waals surface area contributed by atoms with E-state index in [1.165, 1.54) is 7.11 Å². The van der Waals surface area contributed by atoms with Gasteiger partial charge in [0, 0.05) is 23.3 Å². The molecule has 9 heteroatoms. The zero-order valence-corrected chi connectivity index (χ0v) is 22.7. The summed E-state index contributed by atoms with van der Waals surface area (Å²) in [5.74, 6) is -0.756. The molecule has 8 nitrogen and oxygen atoms in total. The van der Waals surface area contributed by atoms with Crippen LogP contribution in [0.5, 0.6) is 0 Å². The average Bonchev–Trinajstić information content (AvgIpc) is 2.94. The molecule has 2 N–H and O–H groups in total. The van der Waals surface area contributed by atoms with E-state index in [0.717, 1.165) is 16.7 Å². The van der Waals surface area contributed by atoms with Crippen molar-refractivity contribution in [2.75, 3.05) is 12.4 Å². The van der Waals surface area contributed by atoms with Crippen LogP contribution in [-0.2, 0) is 38.6 Å². The maximum Gasteiger partial charge on any atom is 0.319 e. The highest BCUT2D eigenvalue weighted by molar-refractivity contribution is 6.30. The van der Waals surface area contributed by atoms with Gasteiger partial charge in [-0.15, -0.1) is 0 Å². The second kappa shape index (κ2) is 13.3. The van der Waals surface area contributed by atoms with Gasteiger partial charge in [-0.1, -0.05) is 72.3 Å². The highest BCUT2D eigenvalue weighted by atomic mass is 35.5. The number of benzene rings is 3. The minimum Gasteiger partial charge on any atom is -0.469 e. The molecule has 0 unspecified atom stereocenters. The molecule has 204 valence electrons. The zero-order valence-electron chi connectivity index (χ0n) is 21.9. The van der Waals surface area contributed by atoms with Crippen molar-refractivity contribution < 1.29 is 23.9 Å². The van der Waals surface area contributed by atoms with E-state index >= 15 is 0 Å². The maximum absolute atomic E-state index is 14.1. The van der Waals surface area contributed by atoms with Gasteiger partial charge >= 0.3 is 12.0 Å². The first-order valence-electron chi connectivity index (χ1n) is 12.8. The van der Waals surface area contributed by atoms with E-state index < -0.39 is 30.2 Å². The summed E-state index contributed by atoms with van der Waals surface area (Å²) in [7, 11) is 1.33. The number of urea groups is 1. The van der Waals surface area contributed by atoms with Gasteiger partial charge in [-0.3, -0.25) is 9.59 Å². The van der Waals surface area contributed by atoms with Crippen molar-refractivity contribution in [3.05, 3.63) is 101 Å². The zero-order chi connectivity index (χ0) is 27.8. The van der Waals surface area contributed by atoms with Gasteiger partial charge in [-0.2, -0.15) is 0 Å². The number of fused-ring (bicyclic) bond motifs is 1. The Bertz CT molecular complexity index is 1300. The van der Waals surface area contributed by atoms with Gasteiger partial charge in [0.2, 0.25) is 5.91 Å². The lowest BCUT2D eigenvalue weighted by Gasteiger charge is -2.39. The van der Waals surface area contributed by atoms with Gasteiger partial charge < -0.3 is 25.0 Å². The Kier molecular flexibility index (Phi) is 9.57. The number of carbonyl (C=O) groups excluding carboxylic acids is 3. The highest BCUT2D eigenvalue weighted by Crippen LogP contribution is 2.27. The smallest absolute Gasteiger partial charge is 0.319 e. The van der Waals surface area contributed by atoms with E-state index in [1.54, 1.807) is 36.1 Å². The van der Waals surface area contributed by atoms with Crippen LogP contribution < -0.4 is 10.6 Å². The van der Waals surface area contributed by atoms with Crippen molar-refractivity contribution >= 4 is 35.2 Å². The molecule has 0 fully saturated rings. The minimum absolute atomic E-state index is 0.0389. The Balaban J connectivity index is 1.58. The van der Waals surface area contributed by atoms with Crippen LogP contribution in [-0.4, -0.2) is 48.1 Å². The number of amides is 3. The molecule has 1 aliphatic heterocycles. The van der Waals surface area contributed by atoms with Gasteiger partial charge in [0.25, 0.3) is 0 Å². The Morgan fingerprint density at radius 2 is 1.72 bits per heavy atom. The first kappa shape index (κ1) is 28.1. The molecule has 1 heterocycles. The summed E-state index contributed by atoms with van der Waals surface area (Å²) in [6.07, 6.45) is -0.145. The van der Waals surface area contributed by atoms with Crippen molar-refractivity contribution in [1.82, 2.24) is 10.2 Å². The number of rotatable bonds is 9. The molecular formula is C30H32ClN3O5. The van der Waals surface area contributed by atoms with Gasteiger partial charge in [0.1, 0.15) is 6.04 Å². The molecule has 0 radical (unpaired) electrons. The van der Waals surface area contributed by atoms with Gasteiger partial charge in [-0.05, 0) is 48.2 Å². The second-order valence-corrected chi connectivity index (χ2v) is 9.90. The number of esters is 1. The fourth-order valence-electron chi connectivity index (χ4n) is 4.63.